The quantitative estimate of drug-likeness (QED) is 0.865. The number of carbonyl (C=O) groups excluding carboxylic acids is 1. The van der Waals surface area contributed by atoms with E-state index in [0.717, 1.165) is 0 Å². The molecule has 96 valence electrons. The van der Waals surface area contributed by atoms with Crippen LogP contribution in [0.3, 0.4) is 0 Å². The van der Waals surface area contributed by atoms with E-state index in [-0.39, 0.29) is 28.1 Å². The minimum Gasteiger partial charge on any atom is -0.397 e. The highest BCUT2D eigenvalue weighted by Crippen LogP contribution is 2.29. The number of halogens is 2. The van der Waals surface area contributed by atoms with Gasteiger partial charge in [0.1, 0.15) is 0 Å². The van der Waals surface area contributed by atoms with Crippen molar-refractivity contribution >= 4 is 34.8 Å². The second kappa shape index (κ2) is 6.48. The Labute approximate surface area is 116 Å². The molecule has 0 bridgehead atoms. The van der Waals surface area contributed by atoms with Crippen LogP contribution in [0.2, 0.25) is 10.0 Å². The number of benzene rings is 1. The van der Waals surface area contributed by atoms with Crippen LogP contribution in [0.15, 0.2) is 12.1 Å². The van der Waals surface area contributed by atoms with E-state index in [0.29, 0.717) is 18.7 Å². The molecule has 18 heavy (non-hydrogen) atoms. The number of amides is 1. The number of anilines is 1. The summed E-state index contributed by atoms with van der Waals surface area (Å²) in [6, 6.07) is 4.98. The fourth-order valence-electron chi connectivity index (χ4n) is 1.50. The van der Waals surface area contributed by atoms with Gasteiger partial charge in [0, 0.05) is 18.7 Å². The van der Waals surface area contributed by atoms with Crippen LogP contribution in [0.4, 0.5) is 5.69 Å². The molecule has 0 fully saturated rings. The van der Waals surface area contributed by atoms with E-state index in [1.54, 1.807) is 4.90 Å². The summed E-state index contributed by atoms with van der Waals surface area (Å²) in [4.78, 5) is 13.7. The van der Waals surface area contributed by atoms with Gasteiger partial charge in [-0.1, -0.05) is 23.2 Å². The van der Waals surface area contributed by atoms with Crippen molar-refractivity contribution in [2.45, 2.75) is 13.3 Å². The lowest BCUT2D eigenvalue weighted by Crippen LogP contribution is -2.31. The van der Waals surface area contributed by atoms with E-state index in [2.05, 4.69) is 0 Å². The number of nitrogens with two attached hydrogens (primary N) is 1. The minimum absolute atomic E-state index is 0.210. The Balaban J connectivity index is 2.99. The van der Waals surface area contributed by atoms with Gasteiger partial charge in [-0.25, -0.2) is 0 Å². The van der Waals surface area contributed by atoms with Gasteiger partial charge < -0.3 is 10.6 Å². The van der Waals surface area contributed by atoms with Crippen molar-refractivity contribution in [3.05, 3.63) is 27.7 Å². The normalized spacial score (nSPS) is 9.89. The van der Waals surface area contributed by atoms with Crippen LogP contribution in [0.25, 0.3) is 0 Å². The molecule has 0 aliphatic rings. The summed E-state index contributed by atoms with van der Waals surface area (Å²) in [6.45, 7) is 2.74. The van der Waals surface area contributed by atoms with Gasteiger partial charge in [-0.15, -0.1) is 0 Å². The van der Waals surface area contributed by atoms with Gasteiger partial charge in [-0.2, -0.15) is 5.26 Å². The Hall–Kier alpha value is -1.44. The van der Waals surface area contributed by atoms with Crippen molar-refractivity contribution in [2.75, 3.05) is 18.8 Å². The summed E-state index contributed by atoms with van der Waals surface area (Å²) >= 11 is 11.7. The highest BCUT2D eigenvalue weighted by atomic mass is 35.5. The molecule has 1 amide bonds. The van der Waals surface area contributed by atoms with E-state index < -0.39 is 0 Å². The number of rotatable bonds is 4. The van der Waals surface area contributed by atoms with Gasteiger partial charge in [0.15, 0.2) is 0 Å². The molecule has 0 atom stereocenters. The van der Waals surface area contributed by atoms with Crippen molar-refractivity contribution < 1.29 is 4.79 Å². The summed E-state index contributed by atoms with van der Waals surface area (Å²) in [6.07, 6.45) is 0.288. The molecule has 2 N–H and O–H groups in total. The van der Waals surface area contributed by atoms with Gasteiger partial charge >= 0.3 is 0 Å². The molecule has 0 spiro atoms. The third-order valence-electron chi connectivity index (χ3n) is 2.47. The Morgan fingerprint density at radius 2 is 2.17 bits per heavy atom. The second-order valence-corrected chi connectivity index (χ2v) is 4.44. The van der Waals surface area contributed by atoms with Crippen molar-refractivity contribution in [1.29, 1.82) is 5.26 Å². The molecule has 1 rings (SSSR count). The molecule has 0 radical (unpaired) electrons. The second-order valence-electron chi connectivity index (χ2n) is 3.65. The molecular formula is C12H13Cl2N3O. The van der Waals surface area contributed by atoms with Gasteiger partial charge in [0.05, 0.1) is 28.2 Å². The maximum Gasteiger partial charge on any atom is 0.254 e. The monoisotopic (exact) mass is 285 g/mol. The highest BCUT2D eigenvalue weighted by molar-refractivity contribution is 6.43. The summed E-state index contributed by atoms with van der Waals surface area (Å²) in [7, 11) is 0. The predicted octanol–water partition coefficient (Wildman–Crippen LogP) is 2.95. The van der Waals surface area contributed by atoms with Gasteiger partial charge in [-0.3, -0.25) is 4.79 Å². The van der Waals surface area contributed by atoms with E-state index >= 15 is 0 Å². The van der Waals surface area contributed by atoms with Crippen molar-refractivity contribution in [2.24, 2.45) is 0 Å². The van der Waals surface area contributed by atoms with Gasteiger partial charge in [-0.05, 0) is 19.1 Å². The van der Waals surface area contributed by atoms with Crippen molar-refractivity contribution in [3.63, 3.8) is 0 Å². The molecule has 0 aliphatic carbocycles. The number of hydrogen-bond acceptors (Lipinski definition) is 3. The zero-order valence-corrected chi connectivity index (χ0v) is 11.4. The Bertz CT molecular complexity index is 474. The van der Waals surface area contributed by atoms with Gasteiger partial charge in [0.25, 0.3) is 5.91 Å². The van der Waals surface area contributed by atoms with E-state index in [1.165, 1.54) is 12.1 Å². The number of nitrogens with zero attached hydrogens (tertiary/aromatic N) is 2. The van der Waals surface area contributed by atoms with Crippen LogP contribution in [0.1, 0.15) is 23.7 Å². The van der Waals surface area contributed by atoms with E-state index in [4.69, 9.17) is 34.2 Å². The Morgan fingerprint density at radius 3 is 2.67 bits per heavy atom. The molecule has 1 aromatic rings. The lowest BCUT2D eigenvalue weighted by Gasteiger charge is -2.20. The lowest BCUT2D eigenvalue weighted by molar-refractivity contribution is 0.0768. The third-order valence-corrected chi connectivity index (χ3v) is 3.28. The smallest absolute Gasteiger partial charge is 0.254 e. The zero-order valence-electron chi connectivity index (χ0n) is 9.91. The average molecular weight is 286 g/mol. The zero-order chi connectivity index (χ0) is 13.7. The first-order valence-electron chi connectivity index (χ1n) is 5.42. The van der Waals surface area contributed by atoms with Crippen LogP contribution < -0.4 is 5.73 Å². The maximum absolute atomic E-state index is 12.2. The molecular weight excluding hydrogens is 273 g/mol. The standard InChI is InChI=1S/C12H13Cl2N3O/c1-2-17(5-3-4-15)12(18)8-6-9(13)11(14)10(16)7-8/h6-7H,2-3,5,16H2,1H3. The molecule has 0 heterocycles. The number of hydrogen-bond donors (Lipinski definition) is 1. The number of nitriles is 1. The first kappa shape index (κ1) is 14.6. The molecule has 0 unspecified atom stereocenters. The predicted molar refractivity (Wildman–Crippen MR) is 72.7 cm³/mol. The van der Waals surface area contributed by atoms with Crippen LogP contribution in [0, 0.1) is 11.3 Å². The lowest BCUT2D eigenvalue weighted by atomic mass is 10.1. The molecule has 0 saturated carbocycles. The summed E-state index contributed by atoms with van der Waals surface area (Å²) in [5.41, 5.74) is 6.31. The summed E-state index contributed by atoms with van der Waals surface area (Å²) in [5, 5.41) is 9.03. The van der Waals surface area contributed by atoms with Crippen LogP contribution >= 0.6 is 23.2 Å². The maximum atomic E-state index is 12.2. The Morgan fingerprint density at radius 1 is 1.50 bits per heavy atom. The largest absolute Gasteiger partial charge is 0.397 e. The molecule has 1 aromatic carbocycles. The van der Waals surface area contributed by atoms with Gasteiger partial charge in [0.2, 0.25) is 0 Å². The topological polar surface area (TPSA) is 70.1 Å². The van der Waals surface area contributed by atoms with Crippen molar-refractivity contribution in [3.8, 4) is 6.07 Å². The number of carbonyl (C=O) groups is 1. The molecule has 0 aromatic heterocycles. The SMILES string of the molecule is CCN(CCC#N)C(=O)c1cc(N)c(Cl)c(Cl)c1. The molecule has 4 nitrogen and oxygen atoms in total. The van der Waals surface area contributed by atoms with E-state index in [9.17, 15) is 4.79 Å². The van der Waals surface area contributed by atoms with Crippen LogP contribution in [0.5, 0.6) is 0 Å². The van der Waals surface area contributed by atoms with Crippen molar-refractivity contribution in [1.82, 2.24) is 4.90 Å². The average Bonchev–Trinajstić information content (AvgIpc) is 2.36. The fraction of sp³-hybridized carbons (Fsp3) is 0.333. The summed E-state index contributed by atoms with van der Waals surface area (Å²) < 4.78 is 0. The first-order valence-corrected chi connectivity index (χ1v) is 6.17. The molecule has 0 aliphatic heterocycles. The third kappa shape index (κ3) is 3.28. The fourth-order valence-corrected chi connectivity index (χ4v) is 1.84. The minimum atomic E-state index is -0.210. The Kier molecular flexibility index (Phi) is 5.26. The highest BCUT2D eigenvalue weighted by Gasteiger charge is 2.16. The molecule has 0 saturated heterocycles. The van der Waals surface area contributed by atoms with E-state index in [1.807, 2.05) is 13.0 Å². The van der Waals surface area contributed by atoms with Crippen LogP contribution in [-0.2, 0) is 0 Å². The molecule has 6 heteroatoms. The summed E-state index contributed by atoms with van der Waals surface area (Å²) in [5.74, 6) is -0.210. The first-order chi connectivity index (χ1) is 8.51. The van der Waals surface area contributed by atoms with Crippen LogP contribution in [-0.4, -0.2) is 23.9 Å². The number of nitrogen functional groups attached to an aromatic ring is 1.